The summed E-state index contributed by atoms with van der Waals surface area (Å²) >= 11 is 0. The first-order valence-corrected chi connectivity index (χ1v) is 12.5. The van der Waals surface area contributed by atoms with Crippen LogP contribution in [0.3, 0.4) is 0 Å². The summed E-state index contributed by atoms with van der Waals surface area (Å²) in [7, 11) is 0. The lowest BCUT2D eigenvalue weighted by Crippen LogP contribution is -2.35. The van der Waals surface area contributed by atoms with Gasteiger partial charge in [0, 0.05) is 60.4 Å². The third-order valence-electron chi connectivity index (χ3n) is 6.81. The van der Waals surface area contributed by atoms with Gasteiger partial charge in [-0.1, -0.05) is 26.0 Å². The van der Waals surface area contributed by atoms with Crippen molar-refractivity contribution in [3.63, 3.8) is 0 Å². The topological polar surface area (TPSA) is 105 Å². The zero-order valence-corrected chi connectivity index (χ0v) is 20.9. The molecular formula is C28H29N7O2. The summed E-state index contributed by atoms with van der Waals surface area (Å²) in [5.74, 6) is 1.56. The lowest BCUT2D eigenvalue weighted by molar-refractivity contribution is 0.0342. The lowest BCUT2D eigenvalue weighted by Gasteiger charge is -2.26. The number of hydrogen-bond acceptors (Lipinski definition) is 7. The molecule has 188 valence electrons. The number of phenols is 1. The second-order valence-corrected chi connectivity index (χ2v) is 9.66. The van der Waals surface area contributed by atoms with E-state index in [2.05, 4.69) is 68.4 Å². The van der Waals surface area contributed by atoms with Crippen LogP contribution in [0.25, 0.3) is 39.4 Å². The van der Waals surface area contributed by atoms with Crippen LogP contribution >= 0.6 is 0 Å². The molecule has 0 saturated carbocycles. The number of nitrogens with one attached hydrogen (secondary N) is 1. The number of fused-ring (bicyclic) bond motifs is 1. The molecule has 5 aromatic rings. The number of morpholine rings is 1. The van der Waals surface area contributed by atoms with Crippen molar-refractivity contribution in [3.05, 3.63) is 72.2 Å². The highest BCUT2D eigenvalue weighted by atomic mass is 16.5. The van der Waals surface area contributed by atoms with Gasteiger partial charge in [-0.25, -0.2) is 0 Å². The smallest absolute Gasteiger partial charge is 0.172 e. The van der Waals surface area contributed by atoms with Crippen LogP contribution in [0.2, 0.25) is 0 Å². The Labute approximate surface area is 214 Å². The number of rotatable bonds is 6. The number of aromatic hydroxyl groups is 1. The molecule has 0 amide bonds. The van der Waals surface area contributed by atoms with Gasteiger partial charge in [0.1, 0.15) is 5.75 Å². The third-order valence-corrected chi connectivity index (χ3v) is 6.81. The first-order valence-electron chi connectivity index (χ1n) is 12.5. The van der Waals surface area contributed by atoms with Crippen molar-refractivity contribution in [2.75, 3.05) is 26.3 Å². The normalized spacial score (nSPS) is 14.6. The van der Waals surface area contributed by atoms with Crippen molar-refractivity contribution < 1.29 is 9.84 Å². The number of nitrogens with zero attached hydrogens (tertiary/aromatic N) is 6. The van der Waals surface area contributed by atoms with Crippen LogP contribution in [0.15, 0.2) is 60.9 Å². The Morgan fingerprint density at radius 2 is 1.81 bits per heavy atom. The summed E-state index contributed by atoms with van der Waals surface area (Å²) in [6.07, 6.45) is 3.50. The number of hydrogen-bond donors (Lipinski definition) is 2. The van der Waals surface area contributed by atoms with E-state index in [4.69, 9.17) is 4.74 Å². The van der Waals surface area contributed by atoms with Crippen molar-refractivity contribution in [2.24, 2.45) is 0 Å². The highest BCUT2D eigenvalue weighted by molar-refractivity contribution is 5.89. The summed E-state index contributed by atoms with van der Waals surface area (Å²) in [5.41, 5.74) is 5.30. The lowest BCUT2D eigenvalue weighted by atomic mass is 10.0. The Hall–Kier alpha value is -4.08. The molecule has 9 heteroatoms. The van der Waals surface area contributed by atoms with Crippen molar-refractivity contribution in [1.82, 2.24) is 34.8 Å². The van der Waals surface area contributed by atoms with Crippen molar-refractivity contribution in [3.8, 4) is 34.2 Å². The molecule has 3 aromatic heterocycles. The van der Waals surface area contributed by atoms with E-state index in [1.807, 2.05) is 22.8 Å². The molecule has 1 aliphatic heterocycles. The van der Waals surface area contributed by atoms with Gasteiger partial charge in [-0.15, -0.1) is 10.2 Å². The Morgan fingerprint density at radius 3 is 2.54 bits per heavy atom. The van der Waals surface area contributed by atoms with E-state index in [1.54, 1.807) is 18.5 Å². The average Bonchev–Trinajstić information content (AvgIpc) is 3.54. The van der Waals surface area contributed by atoms with Crippen LogP contribution in [0.5, 0.6) is 5.75 Å². The van der Waals surface area contributed by atoms with Gasteiger partial charge < -0.3 is 9.84 Å². The molecule has 0 spiro atoms. The minimum absolute atomic E-state index is 0.102. The van der Waals surface area contributed by atoms with Gasteiger partial charge in [0.25, 0.3) is 0 Å². The van der Waals surface area contributed by atoms with Crippen LogP contribution in [-0.2, 0) is 11.3 Å². The monoisotopic (exact) mass is 495 g/mol. The van der Waals surface area contributed by atoms with Crippen molar-refractivity contribution in [2.45, 2.75) is 26.3 Å². The number of ether oxygens (including phenoxy) is 1. The number of phenolic OH excluding ortho intramolecular Hbond substituents is 1. The molecule has 0 bridgehead atoms. The largest absolute Gasteiger partial charge is 0.507 e. The molecule has 0 aliphatic carbocycles. The zero-order chi connectivity index (χ0) is 25.4. The third kappa shape index (κ3) is 4.47. The second kappa shape index (κ2) is 9.76. The van der Waals surface area contributed by atoms with E-state index in [-0.39, 0.29) is 11.7 Å². The summed E-state index contributed by atoms with van der Waals surface area (Å²) in [6, 6.07) is 15.9. The first-order chi connectivity index (χ1) is 18.1. The quantitative estimate of drug-likeness (QED) is 0.356. The summed E-state index contributed by atoms with van der Waals surface area (Å²) in [6.45, 7) is 8.54. The van der Waals surface area contributed by atoms with Crippen LogP contribution in [-0.4, -0.2) is 66.3 Å². The molecule has 4 heterocycles. The first kappa shape index (κ1) is 23.3. The van der Waals surface area contributed by atoms with Gasteiger partial charge in [-0.3, -0.25) is 19.5 Å². The van der Waals surface area contributed by atoms with Crippen LogP contribution in [0.1, 0.15) is 31.0 Å². The molecule has 9 nitrogen and oxygen atoms in total. The molecule has 0 unspecified atom stereocenters. The van der Waals surface area contributed by atoms with Crippen LogP contribution in [0, 0.1) is 0 Å². The number of benzene rings is 2. The van der Waals surface area contributed by atoms with Gasteiger partial charge in [-0.2, -0.15) is 5.10 Å². The fourth-order valence-corrected chi connectivity index (χ4v) is 4.84. The summed E-state index contributed by atoms with van der Waals surface area (Å²) in [4.78, 5) is 6.68. The standard InChI is InChI=1S/C28H29N7O2/c1-18(2)26-22-14-23(25(36)15-24(22)30-31-26)28-33-32-27(20-4-3-9-29-16-20)35(28)21-7-5-19(6-8-21)17-34-10-12-37-13-11-34/h3-9,14-16,18,36H,10-13,17H2,1-2H3,(H,30,31). The number of pyridine rings is 1. The Bertz CT molecular complexity index is 1520. The number of H-pyrrole nitrogens is 1. The van der Waals surface area contributed by atoms with Crippen molar-refractivity contribution >= 4 is 10.9 Å². The van der Waals surface area contributed by atoms with E-state index in [0.29, 0.717) is 17.2 Å². The molecule has 1 saturated heterocycles. The molecule has 37 heavy (non-hydrogen) atoms. The van der Waals surface area contributed by atoms with Gasteiger partial charge in [-0.05, 0) is 41.8 Å². The van der Waals surface area contributed by atoms with E-state index >= 15 is 0 Å². The van der Waals surface area contributed by atoms with E-state index in [9.17, 15) is 5.11 Å². The molecular weight excluding hydrogens is 466 g/mol. The average molecular weight is 496 g/mol. The summed E-state index contributed by atoms with van der Waals surface area (Å²) < 4.78 is 7.45. The SMILES string of the molecule is CC(C)c1[nH]nc2cc(O)c(-c3nnc(-c4cccnc4)n3-c3ccc(CN4CCOCC4)cc3)cc12. The molecule has 0 atom stereocenters. The molecule has 1 fully saturated rings. The second-order valence-electron chi connectivity index (χ2n) is 9.66. The maximum Gasteiger partial charge on any atom is 0.172 e. The van der Waals surface area contributed by atoms with E-state index in [0.717, 1.165) is 60.7 Å². The number of aromatic nitrogens is 6. The maximum atomic E-state index is 11.0. The van der Waals surface area contributed by atoms with Gasteiger partial charge in [0.2, 0.25) is 0 Å². The predicted octanol–water partition coefficient (Wildman–Crippen LogP) is 4.53. The predicted molar refractivity (Wildman–Crippen MR) is 142 cm³/mol. The Kier molecular flexibility index (Phi) is 6.15. The fraction of sp³-hybridized carbons (Fsp3) is 0.286. The highest BCUT2D eigenvalue weighted by Gasteiger charge is 2.22. The zero-order valence-electron chi connectivity index (χ0n) is 20.9. The minimum Gasteiger partial charge on any atom is -0.507 e. The molecule has 2 N–H and O–H groups in total. The molecule has 0 radical (unpaired) electrons. The Morgan fingerprint density at radius 1 is 1.03 bits per heavy atom. The fourth-order valence-electron chi connectivity index (χ4n) is 4.84. The summed E-state index contributed by atoms with van der Waals surface area (Å²) in [5, 5.41) is 28.6. The molecule has 2 aromatic carbocycles. The van der Waals surface area contributed by atoms with E-state index in [1.165, 1.54) is 5.56 Å². The van der Waals surface area contributed by atoms with Crippen LogP contribution < -0.4 is 0 Å². The van der Waals surface area contributed by atoms with Crippen molar-refractivity contribution in [1.29, 1.82) is 0 Å². The maximum absolute atomic E-state index is 11.0. The van der Waals surface area contributed by atoms with E-state index < -0.39 is 0 Å². The van der Waals surface area contributed by atoms with Crippen LogP contribution in [0.4, 0.5) is 0 Å². The highest BCUT2D eigenvalue weighted by Crippen LogP contribution is 2.37. The molecule has 6 rings (SSSR count). The minimum atomic E-state index is 0.102. The Balaban J connectivity index is 1.46. The number of aromatic amines is 1. The van der Waals surface area contributed by atoms with Gasteiger partial charge in [0.05, 0.1) is 24.3 Å². The van der Waals surface area contributed by atoms with Gasteiger partial charge in [0.15, 0.2) is 11.6 Å². The van der Waals surface area contributed by atoms with Gasteiger partial charge >= 0.3 is 0 Å². The molecule has 1 aliphatic rings.